The maximum absolute atomic E-state index is 12.6. The molecule has 0 saturated heterocycles. The quantitative estimate of drug-likeness (QED) is 0.711. The van der Waals surface area contributed by atoms with Gasteiger partial charge in [-0.25, -0.2) is 4.79 Å². The zero-order valence-electron chi connectivity index (χ0n) is 13.6. The maximum atomic E-state index is 12.6. The molecule has 2 heterocycles. The predicted molar refractivity (Wildman–Crippen MR) is 88.2 cm³/mol. The first kappa shape index (κ1) is 15.9. The number of carbonyl (C=O) groups excluding carboxylic acids is 2. The third-order valence-electron chi connectivity index (χ3n) is 3.17. The van der Waals surface area contributed by atoms with Gasteiger partial charge in [-0.1, -0.05) is 12.1 Å². The van der Waals surface area contributed by atoms with Crippen molar-refractivity contribution in [2.24, 2.45) is 0 Å². The molecule has 6 heteroatoms. The van der Waals surface area contributed by atoms with Crippen LogP contribution in [0.25, 0.3) is 11.0 Å². The Morgan fingerprint density at radius 2 is 1.83 bits per heavy atom. The summed E-state index contributed by atoms with van der Waals surface area (Å²) in [7, 11) is 0. The SMILES string of the molecule is CC(C)(C)OC(=O)Nc1c(C(=O)c2ccco2)oc2ccccc12. The van der Waals surface area contributed by atoms with Gasteiger partial charge in [0.15, 0.2) is 5.76 Å². The molecule has 0 aliphatic rings. The van der Waals surface area contributed by atoms with Crippen molar-refractivity contribution in [3.05, 3.63) is 54.2 Å². The number of anilines is 1. The van der Waals surface area contributed by atoms with E-state index in [0.717, 1.165) is 0 Å². The minimum Gasteiger partial charge on any atom is -0.461 e. The second-order valence-corrected chi connectivity index (χ2v) is 6.24. The minimum absolute atomic E-state index is 0.00277. The number of hydrogen-bond acceptors (Lipinski definition) is 5. The van der Waals surface area contributed by atoms with Crippen LogP contribution in [0, 0.1) is 0 Å². The third kappa shape index (κ3) is 3.17. The molecule has 0 bridgehead atoms. The Hall–Kier alpha value is -3.02. The monoisotopic (exact) mass is 327 g/mol. The fourth-order valence-corrected chi connectivity index (χ4v) is 2.25. The number of ketones is 1. The van der Waals surface area contributed by atoms with Crippen molar-refractivity contribution >= 4 is 28.5 Å². The Morgan fingerprint density at radius 3 is 2.50 bits per heavy atom. The molecule has 1 aromatic carbocycles. The molecule has 0 fully saturated rings. The molecule has 0 unspecified atom stereocenters. The van der Waals surface area contributed by atoms with Crippen molar-refractivity contribution in [1.82, 2.24) is 0 Å². The van der Waals surface area contributed by atoms with E-state index in [1.165, 1.54) is 12.3 Å². The van der Waals surface area contributed by atoms with Crippen molar-refractivity contribution < 1.29 is 23.2 Å². The third-order valence-corrected chi connectivity index (χ3v) is 3.17. The van der Waals surface area contributed by atoms with Gasteiger partial charge in [0, 0.05) is 5.39 Å². The van der Waals surface area contributed by atoms with Gasteiger partial charge in [0.1, 0.15) is 16.9 Å². The highest BCUT2D eigenvalue weighted by atomic mass is 16.6. The molecule has 6 nitrogen and oxygen atoms in total. The van der Waals surface area contributed by atoms with E-state index in [4.69, 9.17) is 13.6 Å². The van der Waals surface area contributed by atoms with Crippen LogP contribution in [0.3, 0.4) is 0 Å². The van der Waals surface area contributed by atoms with Gasteiger partial charge in [0.05, 0.1) is 6.26 Å². The van der Waals surface area contributed by atoms with Crippen molar-refractivity contribution in [2.45, 2.75) is 26.4 Å². The minimum atomic E-state index is -0.664. The molecule has 1 N–H and O–H groups in total. The first-order chi connectivity index (χ1) is 11.3. The molecular weight excluding hydrogens is 310 g/mol. The number of amides is 1. The number of ether oxygens (including phenoxy) is 1. The van der Waals surface area contributed by atoms with E-state index in [-0.39, 0.29) is 17.2 Å². The summed E-state index contributed by atoms with van der Waals surface area (Å²) in [4.78, 5) is 24.7. The Bertz CT molecular complexity index is 884. The molecule has 24 heavy (non-hydrogen) atoms. The largest absolute Gasteiger partial charge is 0.461 e. The Morgan fingerprint density at radius 1 is 1.08 bits per heavy atom. The summed E-state index contributed by atoms with van der Waals surface area (Å²) in [6, 6.07) is 10.2. The number of furan rings is 2. The van der Waals surface area contributed by atoms with Crippen LogP contribution >= 0.6 is 0 Å². The Balaban J connectivity index is 2.03. The molecule has 0 atom stereocenters. The van der Waals surface area contributed by atoms with Crippen LogP contribution in [0.4, 0.5) is 10.5 Å². The molecule has 0 aliphatic heterocycles. The number of benzene rings is 1. The molecule has 1 amide bonds. The standard InChI is InChI=1S/C18H17NO5/c1-18(2,3)24-17(21)19-14-11-7-4-5-8-12(11)23-16(14)15(20)13-9-6-10-22-13/h4-10H,1-3H3,(H,19,21). The summed E-state index contributed by atoms with van der Waals surface area (Å²) in [6.07, 6.45) is 0.735. The molecule has 3 aromatic rings. The second kappa shape index (κ2) is 5.88. The van der Waals surface area contributed by atoms with Gasteiger partial charge in [-0.3, -0.25) is 10.1 Å². The number of carbonyl (C=O) groups is 2. The van der Waals surface area contributed by atoms with Crippen LogP contribution in [0.5, 0.6) is 0 Å². The zero-order chi connectivity index (χ0) is 17.3. The average molecular weight is 327 g/mol. The topological polar surface area (TPSA) is 81.7 Å². The number of fused-ring (bicyclic) bond motifs is 1. The molecule has 0 radical (unpaired) electrons. The summed E-state index contributed by atoms with van der Waals surface area (Å²) < 4.78 is 16.0. The van der Waals surface area contributed by atoms with Gasteiger partial charge in [-0.2, -0.15) is 0 Å². The van der Waals surface area contributed by atoms with E-state index in [2.05, 4.69) is 5.32 Å². The van der Waals surface area contributed by atoms with Gasteiger partial charge in [0.2, 0.25) is 5.76 Å². The van der Waals surface area contributed by atoms with Gasteiger partial charge in [-0.15, -0.1) is 0 Å². The molecular formula is C18H17NO5. The highest BCUT2D eigenvalue weighted by Crippen LogP contribution is 2.32. The second-order valence-electron chi connectivity index (χ2n) is 6.24. The summed E-state index contributed by atoms with van der Waals surface area (Å²) in [5.41, 5.74) is 0.0918. The smallest absolute Gasteiger partial charge is 0.412 e. The van der Waals surface area contributed by atoms with Crippen LogP contribution < -0.4 is 5.32 Å². The zero-order valence-corrected chi connectivity index (χ0v) is 13.6. The van der Waals surface area contributed by atoms with Crippen molar-refractivity contribution in [3.8, 4) is 0 Å². The van der Waals surface area contributed by atoms with Gasteiger partial charge in [0.25, 0.3) is 5.78 Å². The molecule has 124 valence electrons. The molecule has 0 saturated carbocycles. The maximum Gasteiger partial charge on any atom is 0.412 e. The van der Waals surface area contributed by atoms with Crippen LogP contribution in [0.1, 0.15) is 37.1 Å². The summed E-state index contributed by atoms with van der Waals surface area (Å²) >= 11 is 0. The Kier molecular flexibility index (Phi) is 3.89. The molecule has 3 rings (SSSR count). The Labute approximate surface area is 138 Å². The van der Waals surface area contributed by atoms with Gasteiger partial charge >= 0.3 is 6.09 Å². The van der Waals surface area contributed by atoms with E-state index in [1.54, 1.807) is 51.1 Å². The number of hydrogen-bond donors (Lipinski definition) is 1. The lowest BCUT2D eigenvalue weighted by atomic mass is 10.1. The average Bonchev–Trinajstić information content (AvgIpc) is 3.13. The van der Waals surface area contributed by atoms with Gasteiger partial charge in [-0.05, 0) is 45.0 Å². The van der Waals surface area contributed by atoms with E-state index in [1.807, 2.05) is 0 Å². The van der Waals surface area contributed by atoms with Crippen LogP contribution in [-0.4, -0.2) is 17.5 Å². The first-order valence-corrected chi connectivity index (χ1v) is 7.45. The highest BCUT2D eigenvalue weighted by molar-refractivity contribution is 6.15. The molecule has 2 aromatic heterocycles. The number of para-hydroxylation sites is 1. The van der Waals surface area contributed by atoms with Crippen LogP contribution in [0.15, 0.2) is 51.5 Å². The fraction of sp³-hybridized carbons (Fsp3) is 0.222. The van der Waals surface area contributed by atoms with Crippen molar-refractivity contribution in [2.75, 3.05) is 5.32 Å². The highest BCUT2D eigenvalue weighted by Gasteiger charge is 2.26. The van der Waals surface area contributed by atoms with Crippen LogP contribution in [-0.2, 0) is 4.74 Å². The van der Waals surface area contributed by atoms with Crippen LogP contribution in [0.2, 0.25) is 0 Å². The van der Waals surface area contributed by atoms with E-state index >= 15 is 0 Å². The summed E-state index contributed by atoms with van der Waals surface area (Å²) in [5.74, 6) is -0.333. The molecule has 0 aliphatic carbocycles. The lowest BCUT2D eigenvalue weighted by Crippen LogP contribution is -2.27. The van der Waals surface area contributed by atoms with Crippen molar-refractivity contribution in [3.63, 3.8) is 0 Å². The van der Waals surface area contributed by atoms with E-state index in [9.17, 15) is 9.59 Å². The summed E-state index contributed by atoms with van der Waals surface area (Å²) in [5, 5.41) is 3.23. The predicted octanol–water partition coefficient (Wildman–Crippen LogP) is 4.60. The summed E-state index contributed by atoms with van der Waals surface area (Å²) in [6.45, 7) is 5.28. The lowest BCUT2D eigenvalue weighted by molar-refractivity contribution is 0.0636. The molecule has 0 spiro atoms. The first-order valence-electron chi connectivity index (χ1n) is 7.45. The van der Waals surface area contributed by atoms with E-state index in [0.29, 0.717) is 11.0 Å². The lowest BCUT2D eigenvalue weighted by Gasteiger charge is -2.19. The van der Waals surface area contributed by atoms with Gasteiger partial charge < -0.3 is 13.6 Å². The fourth-order valence-electron chi connectivity index (χ4n) is 2.25. The number of nitrogens with one attached hydrogen (secondary N) is 1. The van der Waals surface area contributed by atoms with Crippen molar-refractivity contribution in [1.29, 1.82) is 0 Å². The number of rotatable bonds is 3. The normalized spacial score (nSPS) is 11.5. The van der Waals surface area contributed by atoms with E-state index < -0.39 is 17.5 Å².